The van der Waals surface area contributed by atoms with Gasteiger partial charge in [0, 0.05) is 18.4 Å². The smallest absolute Gasteiger partial charge is 0.213 e. The topological polar surface area (TPSA) is 42.4 Å². The van der Waals surface area contributed by atoms with E-state index in [-0.39, 0.29) is 6.61 Å². The molecule has 0 radical (unpaired) electrons. The summed E-state index contributed by atoms with van der Waals surface area (Å²) in [6.45, 7) is 2.23. The Morgan fingerprint density at radius 2 is 2.36 bits per heavy atom. The molecule has 0 aliphatic carbocycles. The van der Waals surface area contributed by atoms with E-state index < -0.39 is 0 Å². The highest BCUT2D eigenvalue weighted by atomic mass is 32.2. The van der Waals surface area contributed by atoms with Crippen LogP contribution in [0.5, 0.6) is 5.88 Å². The van der Waals surface area contributed by atoms with E-state index in [1.165, 1.54) is 0 Å². The molecule has 0 amide bonds. The third-order valence-electron chi connectivity index (χ3n) is 1.73. The molecule has 0 bridgehead atoms. The largest absolute Gasteiger partial charge is 0.481 e. The quantitative estimate of drug-likeness (QED) is 0.757. The fourth-order valence-electron chi connectivity index (χ4n) is 0.870. The summed E-state index contributed by atoms with van der Waals surface area (Å²) in [7, 11) is 1.60. The van der Waals surface area contributed by atoms with Gasteiger partial charge in [-0.3, -0.25) is 0 Å². The second-order valence-corrected chi connectivity index (χ2v) is 4.16. The molecule has 4 heteroatoms. The van der Waals surface area contributed by atoms with E-state index in [1.54, 1.807) is 18.9 Å². The monoisotopic (exact) mass is 213 g/mol. The van der Waals surface area contributed by atoms with Crippen molar-refractivity contribution in [2.75, 3.05) is 19.5 Å². The molecule has 1 heterocycles. The zero-order chi connectivity index (χ0) is 10.4. The van der Waals surface area contributed by atoms with E-state index in [0.717, 1.165) is 10.8 Å². The molecule has 3 nitrogen and oxygen atoms in total. The van der Waals surface area contributed by atoms with Crippen LogP contribution >= 0.6 is 11.8 Å². The van der Waals surface area contributed by atoms with Gasteiger partial charge in [-0.2, -0.15) is 0 Å². The van der Waals surface area contributed by atoms with Gasteiger partial charge < -0.3 is 9.84 Å². The second kappa shape index (κ2) is 5.88. The molecule has 0 fully saturated rings. The Labute approximate surface area is 88.5 Å². The fourth-order valence-corrected chi connectivity index (χ4v) is 1.76. The van der Waals surface area contributed by atoms with E-state index in [0.29, 0.717) is 11.8 Å². The number of hydrogen-bond donors (Lipinski definition) is 1. The number of hydrogen-bond acceptors (Lipinski definition) is 4. The Balaban J connectivity index is 2.50. The van der Waals surface area contributed by atoms with Crippen LogP contribution in [-0.4, -0.2) is 29.6 Å². The minimum Gasteiger partial charge on any atom is -0.481 e. The first-order valence-electron chi connectivity index (χ1n) is 4.51. The van der Waals surface area contributed by atoms with E-state index >= 15 is 0 Å². The molecule has 0 saturated heterocycles. The number of rotatable bonds is 5. The first-order valence-corrected chi connectivity index (χ1v) is 5.49. The van der Waals surface area contributed by atoms with Gasteiger partial charge in [0.25, 0.3) is 0 Å². The number of aliphatic hydroxyl groups is 1. The Kier molecular flexibility index (Phi) is 4.76. The Bertz CT molecular complexity index is 281. The van der Waals surface area contributed by atoms with Gasteiger partial charge in [0.2, 0.25) is 5.88 Å². The lowest BCUT2D eigenvalue weighted by atomic mass is 10.2. The van der Waals surface area contributed by atoms with Crippen LogP contribution in [-0.2, 0) is 0 Å². The number of aromatic nitrogens is 1. The SMILES string of the molecule is COc1cccc(SCC(C)CO)n1. The highest BCUT2D eigenvalue weighted by Crippen LogP contribution is 2.20. The molecule has 1 unspecified atom stereocenters. The van der Waals surface area contributed by atoms with Crippen molar-refractivity contribution in [1.82, 2.24) is 4.98 Å². The normalized spacial score (nSPS) is 12.5. The summed E-state index contributed by atoms with van der Waals surface area (Å²) >= 11 is 1.63. The van der Waals surface area contributed by atoms with Crippen molar-refractivity contribution in [1.29, 1.82) is 0 Å². The van der Waals surface area contributed by atoms with E-state index in [1.807, 2.05) is 25.1 Å². The van der Waals surface area contributed by atoms with Crippen LogP contribution in [0.4, 0.5) is 0 Å². The van der Waals surface area contributed by atoms with Crippen LogP contribution in [0.2, 0.25) is 0 Å². The summed E-state index contributed by atoms with van der Waals surface area (Å²) in [5, 5.41) is 9.79. The lowest BCUT2D eigenvalue weighted by Gasteiger charge is -2.06. The van der Waals surface area contributed by atoms with Crippen LogP contribution in [0.3, 0.4) is 0 Å². The van der Waals surface area contributed by atoms with Gasteiger partial charge in [0.15, 0.2) is 0 Å². The maximum atomic E-state index is 8.86. The number of ether oxygens (including phenoxy) is 1. The molecule has 1 rings (SSSR count). The van der Waals surface area contributed by atoms with E-state index in [9.17, 15) is 0 Å². The Morgan fingerprint density at radius 3 is 3.00 bits per heavy atom. The Hall–Kier alpha value is -0.740. The summed E-state index contributed by atoms with van der Waals surface area (Å²) in [6, 6.07) is 5.68. The third-order valence-corrected chi connectivity index (χ3v) is 2.99. The standard InChI is InChI=1S/C10H15NO2S/c1-8(6-12)7-14-10-5-3-4-9(11-10)13-2/h3-5,8,12H,6-7H2,1-2H3. The lowest BCUT2D eigenvalue weighted by molar-refractivity contribution is 0.250. The van der Waals surface area contributed by atoms with Gasteiger partial charge in [0.1, 0.15) is 5.03 Å². The van der Waals surface area contributed by atoms with E-state index in [4.69, 9.17) is 9.84 Å². The summed E-state index contributed by atoms with van der Waals surface area (Å²) in [5.74, 6) is 1.80. The molecular weight excluding hydrogens is 198 g/mol. The first kappa shape index (κ1) is 11.3. The minimum absolute atomic E-state index is 0.219. The highest BCUT2D eigenvalue weighted by molar-refractivity contribution is 7.99. The maximum Gasteiger partial charge on any atom is 0.213 e. The maximum absolute atomic E-state index is 8.86. The zero-order valence-electron chi connectivity index (χ0n) is 8.43. The van der Waals surface area contributed by atoms with Crippen molar-refractivity contribution in [2.45, 2.75) is 11.9 Å². The molecule has 1 atom stereocenters. The minimum atomic E-state index is 0.219. The molecule has 78 valence electrons. The van der Waals surface area contributed by atoms with Crippen LogP contribution in [0.1, 0.15) is 6.92 Å². The molecule has 0 aromatic carbocycles. The van der Waals surface area contributed by atoms with Gasteiger partial charge in [-0.25, -0.2) is 4.98 Å². The average Bonchev–Trinajstić information content (AvgIpc) is 2.26. The molecule has 0 aliphatic heterocycles. The predicted molar refractivity (Wildman–Crippen MR) is 57.8 cm³/mol. The van der Waals surface area contributed by atoms with Crippen LogP contribution in [0.15, 0.2) is 23.2 Å². The van der Waals surface area contributed by atoms with Gasteiger partial charge in [-0.05, 0) is 12.0 Å². The third kappa shape index (κ3) is 3.55. The molecule has 14 heavy (non-hydrogen) atoms. The molecule has 1 aromatic heterocycles. The van der Waals surface area contributed by atoms with E-state index in [2.05, 4.69) is 4.98 Å². The number of nitrogens with zero attached hydrogens (tertiary/aromatic N) is 1. The molecule has 0 saturated carbocycles. The predicted octanol–water partition coefficient (Wildman–Crippen LogP) is 1.81. The van der Waals surface area contributed by atoms with Crippen LogP contribution in [0, 0.1) is 5.92 Å². The summed E-state index contributed by atoms with van der Waals surface area (Å²) in [5.41, 5.74) is 0. The molecule has 1 aromatic rings. The van der Waals surface area contributed by atoms with Crippen LogP contribution in [0.25, 0.3) is 0 Å². The van der Waals surface area contributed by atoms with Gasteiger partial charge >= 0.3 is 0 Å². The first-order chi connectivity index (χ1) is 6.76. The van der Waals surface area contributed by atoms with Gasteiger partial charge in [-0.15, -0.1) is 11.8 Å². The highest BCUT2D eigenvalue weighted by Gasteiger charge is 2.03. The van der Waals surface area contributed by atoms with Crippen molar-refractivity contribution >= 4 is 11.8 Å². The molecule has 0 aliphatic rings. The Morgan fingerprint density at radius 1 is 1.57 bits per heavy atom. The van der Waals surface area contributed by atoms with Crippen molar-refractivity contribution < 1.29 is 9.84 Å². The zero-order valence-corrected chi connectivity index (χ0v) is 9.25. The fraction of sp³-hybridized carbons (Fsp3) is 0.500. The summed E-state index contributed by atoms with van der Waals surface area (Å²) in [4.78, 5) is 4.26. The van der Waals surface area contributed by atoms with Crippen molar-refractivity contribution in [3.05, 3.63) is 18.2 Å². The average molecular weight is 213 g/mol. The second-order valence-electron chi connectivity index (χ2n) is 3.12. The van der Waals surface area contributed by atoms with Crippen molar-refractivity contribution in [2.24, 2.45) is 5.92 Å². The number of aliphatic hydroxyl groups excluding tert-OH is 1. The van der Waals surface area contributed by atoms with Crippen LogP contribution < -0.4 is 4.74 Å². The van der Waals surface area contributed by atoms with Crippen molar-refractivity contribution in [3.63, 3.8) is 0 Å². The lowest BCUT2D eigenvalue weighted by Crippen LogP contribution is -2.03. The number of methoxy groups -OCH3 is 1. The number of pyridine rings is 1. The molecule has 1 N–H and O–H groups in total. The molecular formula is C10H15NO2S. The van der Waals surface area contributed by atoms with Crippen molar-refractivity contribution in [3.8, 4) is 5.88 Å². The number of thioether (sulfide) groups is 1. The summed E-state index contributed by atoms with van der Waals surface area (Å²) in [6.07, 6.45) is 0. The van der Waals surface area contributed by atoms with Gasteiger partial charge in [-0.1, -0.05) is 13.0 Å². The summed E-state index contributed by atoms with van der Waals surface area (Å²) < 4.78 is 5.01. The molecule has 0 spiro atoms. The van der Waals surface area contributed by atoms with Gasteiger partial charge in [0.05, 0.1) is 7.11 Å².